The molecule has 2 aromatic heterocycles. The SMILES string of the molecule is Cc1cc(=O)[nH]cc1NS(=O)(=O)c1ccc(OCC(F)(F)F)nc1. The van der Waals surface area contributed by atoms with E-state index in [1.165, 1.54) is 12.3 Å². The third kappa shape index (κ3) is 4.72. The highest BCUT2D eigenvalue weighted by atomic mass is 32.2. The summed E-state index contributed by atoms with van der Waals surface area (Å²) in [4.78, 5) is 16.7. The standard InChI is InChI=1S/C13H12F3N3O4S/c1-8-4-11(20)17-6-10(8)19-24(21,22)9-2-3-12(18-5-9)23-7-13(14,15)16/h2-6,19H,7H2,1H3,(H,17,20). The van der Waals surface area contributed by atoms with Gasteiger partial charge in [0.2, 0.25) is 11.4 Å². The number of nitrogens with zero attached hydrogens (tertiary/aromatic N) is 1. The summed E-state index contributed by atoms with van der Waals surface area (Å²) in [6.07, 6.45) is -2.45. The highest BCUT2D eigenvalue weighted by Crippen LogP contribution is 2.20. The van der Waals surface area contributed by atoms with Crippen LogP contribution in [0.2, 0.25) is 0 Å². The number of rotatable bonds is 5. The van der Waals surface area contributed by atoms with Crippen LogP contribution in [0.3, 0.4) is 0 Å². The second-order valence-electron chi connectivity index (χ2n) is 4.74. The lowest BCUT2D eigenvalue weighted by Crippen LogP contribution is -2.20. The van der Waals surface area contributed by atoms with E-state index >= 15 is 0 Å². The Morgan fingerprint density at radius 1 is 1.33 bits per heavy atom. The van der Waals surface area contributed by atoms with Crippen molar-refractivity contribution in [2.24, 2.45) is 0 Å². The van der Waals surface area contributed by atoms with Gasteiger partial charge in [0.25, 0.3) is 10.0 Å². The minimum absolute atomic E-state index is 0.159. The minimum Gasteiger partial charge on any atom is -0.468 e. The summed E-state index contributed by atoms with van der Waals surface area (Å²) in [6, 6.07) is 3.28. The molecule has 0 spiro atoms. The van der Waals surface area contributed by atoms with E-state index in [1.807, 2.05) is 0 Å². The number of ether oxygens (including phenoxy) is 1. The van der Waals surface area contributed by atoms with Gasteiger partial charge in [0.05, 0.1) is 11.9 Å². The number of hydrogen-bond donors (Lipinski definition) is 2. The van der Waals surface area contributed by atoms with Gasteiger partial charge in [-0.1, -0.05) is 0 Å². The molecule has 0 aliphatic heterocycles. The van der Waals surface area contributed by atoms with Gasteiger partial charge >= 0.3 is 6.18 Å². The maximum Gasteiger partial charge on any atom is 0.422 e. The zero-order valence-electron chi connectivity index (χ0n) is 12.2. The molecule has 0 bridgehead atoms. The number of anilines is 1. The molecule has 130 valence electrons. The zero-order valence-corrected chi connectivity index (χ0v) is 13.0. The Morgan fingerprint density at radius 3 is 2.58 bits per heavy atom. The van der Waals surface area contributed by atoms with Crippen LogP contribution in [0.5, 0.6) is 5.88 Å². The van der Waals surface area contributed by atoms with E-state index in [9.17, 15) is 26.4 Å². The molecular formula is C13H12F3N3O4S. The van der Waals surface area contributed by atoms with E-state index in [2.05, 4.69) is 19.4 Å². The van der Waals surface area contributed by atoms with Gasteiger partial charge in [-0.3, -0.25) is 9.52 Å². The number of aromatic amines is 1. The Morgan fingerprint density at radius 2 is 2.04 bits per heavy atom. The third-order valence-electron chi connectivity index (χ3n) is 2.78. The Balaban J connectivity index is 2.16. The predicted octanol–water partition coefficient (Wildman–Crippen LogP) is 1.82. The van der Waals surface area contributed by atoms with Gasteiger partial charge in [0.1, 0.15) is 4.90 Å². The topological polar surface area (TPSA) is 101 Å². The lowest BCUT2D eigenvalue weighted by molar-refractivity contribution is -0.154. The van der Waals surface area contributed by atoms with Crippen molar-refractivity contribution in [1.82, 2.24) is 9.97 Å². The number of sulfonamides is 1. The van der Waals surface area contributed by atoms with Crippen LogP contribution in [0.1, 0.15) is 5.56 Å². The van der Waals surface area contributed by atoms with Crippen molar-refractivity contribution in [3.63, 3.8) is 0 Å². The fraction of sp³-hybridized carbons (Fsp3) is 0.231. The largest absolute Gasteiger partial charge is 0.468 e. The maximum atomic E-state index is 12.2. The quantitative estimate of drug-likeness (QED) is 0.844. The minimum atomic E-state index is -4.52. The van der Waals surface area contributed by atoms with Gasteiger partial charge in [-0.05, 0) is 18.6 Å². The molecule has 0 saturated heterocycles. The van der Waals surface area contributed by atoms with E-state index in [0.29, 0.717) is 5.56 Å². The van der Waals surface area contributed by atoms with Crippen molar-refractivity contribution in [1.29, 1.82) is 0 Å². The van der Waals surface area contributed by atoms with E-state index < -0.39 is 22.8 Å². The van der Waals surface area contributed by atoms with E-state index in [-0.39, 0.29) is 22.0 Å². The van der Waals surface area contributed by atoms with Gasteiger partial charge < -0.3 is 9.72 Å². The number of aryl methyl sites for hydroxylation is 1. The van der Waals surface area contributed by atoms with Crippen molar-refractivity contribution in [2.45, 2.75) is 18.0 Å². The first-order chi connectivity index (χ1) is 11.1. The summed E-state index contributed by atoms with van der Waals surface area (Å²) in [7, 11) is -4.02. The summed E-state index contributed by atoms with van der Waals surface area (Å²) in [5.74, 6) is -0.355. The fourth-order valence-corrected chi connectivity index (χ4v) is 2.72. The predicted molar refractivity (Wildman–Crippen MR) is 78.4 cm³/mol. The molecule has 2 rings (SSSR count). The average molecular weight is 363 g/mol. The summed E-state index contributed by atoms with van der Waals surface area (Å²) in [5.41, 5.74) is 0.177. The molecule has 0 fully saturated rings. The first-order valence-corrected chi connectivity index (χ1v) is 7.93. The normalized spacial score (nSPS) is 12.0. The summed E-state index contributed by atoms with van der Waals surface area (Å²) < 4.78 is 67.2. The molecule has 0 unspecified atom stereocenters. The van der Waals surface area contributed by atoms with Crippen molar-refractivity contribution < 1.29 is 26.3 Å². The van der Waals surface area contributed by atoms with Crippen LogP contribution in [-0.4, -0.2) is 31.2 Å². The van der Waals surface area contributed by atoms with Crippen molar-refractivity contribution in [3.8, 4) is 5.88 Å². The lowest BCUT2D eigenvalue weighted by atomic mass is 10.3. The van der Waals surface area contributed by atoms with E-state index in [1.54, 1.807) is 6.92 Å². The van der Waals surface area contributed by atoms with Crippen LogP contribution in [0.4, 0.5) is 18.9 Å². The second-order valence-corrected chi connectivity index (χ2v) is 6.42. The zero-order chi connectivity index (χ0) is 18.0. The molecule has 0 amide bonds. The maximum absolute atomic E-state index is 12.2. The number of nitrogens with one attached hydrogen (secondary N) is 2. The van der Waals surface area contributed by atoms with Gasteiger partial charge in [-0.2, -0.15) is 13.2 Å². The number of hydrogen-bond acceptors (Lipinski definition) is 5. The first-order valence-electron chi connectivity index (χ1n) is 6.44. The molecule has 0 atom stereocenters. The van der Waals surface area contributed by atoms with Crippen molar-refractivity contribution >= 4 is 15.7 Å². The summed E-state index contributed by atoms with van der Waals surface area (Å²) in [5, 5.41) is 0. The van der Waals surface area contributed by atoms with Gasteiger partial charge in [-0.25, -0.2) is 13.4 Å². The Bertz CT molecular complexity index is 877. The van der Waals surface area contributed by atoms with E-state index in [0.717, 1.165) is 18.3 Å². The van der Waals surface area contributed by atoms with Crippen LogP contribution in [-0.2, 0) is 10.0 Å². The molecular weight excluding hydrogens is 351 g/mol. The highest BCUT2D eigenvalue weighted by molar-refractivity contribution is 7.92. The lowest BCUT2D eigenvalue weighted by Gasteiger charge is -2.11. The Labute approximate surface area is 134 Å². The molecule has 11 heteroatoms. The molecule has 2 N–H and O–H groups in total. The van der Waals surface area contributed by atoms with Crippen LogP contribution in [0, 0.1) is 6.92 Å². The number of alkyl halides is 3. The molecule has 0 saturated carbocycles. The van der Waals surface area contributed by atoms with Crippen molar-refractivity contribution in [2.75, 3.05) is 11.3 Å². The third-order valence-corrected chi connectivity index (χ3v) is 4.13. The number of pyridine rings is 2. The summed E-state index contributed by atoms with van der Waals surface area (Å²) >= 11 is 0. The first kappa shape index (κ1) is 17.8. The van der Waals surface area contributed by atoms with Crippen LogP contribution >= 0.6 is 0 Å². The average Bonchev–Trinajstić information content (AvgIpc) is 2.48. The van der Waals surface area contributed by atoms with Gasteiger partial charge in [0, 0.05) is 18.3 Å². The molecule has 0 radical (unpaired) electrons. The molecule has 7 nitrogen and oxygen atoms in total. The Hall–Kier alpha value is -2.56. The summed E-state index contributed by atoms with van der Waals surface area (Å²) in [6.45, 7) is 0.0142. The fourth-order valence-electron chi connectivity index (χ4n) is 1.65. The van der Waals surface area contributed by atoms with Crippen LogP contribution in [0.15, 0.2) is 40.3 Å². The molecule has 0 aromatic carbocycles. The number of H-pyrrole nitrogens is 1. The van der Waals surface area contributed by atoms with E-state index in [4.69, 9.17) is 0 Å². The molecule has 0 aliphatic rings. The monoisotopic (exact) mass is 363 g/mol. The highest BCUT2D eigenvalue weighted by Gasteiger charge is 2.28. The second kappa shape index (κ2) is 6.51. The number of aromatic nitrogens is 2. The van der Waals surface area contributed by atoms with Crippen molar-refractivity contribution in [3.05, 3.63) is 46.5 Å². The van der Waals surface area contributed by atoms with Gasteiger partial charge in [-0.15, -0.1) is 0 Å². The molecule has 2 heterocycles. The Kier molecular flexibility index (Phi) is 4.83. The van der Waals surface area contributed by atoms with Crippen LogP contribution in [0.25, 0.3) is 0 Å². The molecule has 0 aliphatic carbocycles. The van der Waals surface area contributed by atoms with Gasteiger partial charge in [0.15, 0.2) is 6.61 Å². The smallest absolute Gasteiger partial charge is 0.422 e. The number of halogens is 3. The molecule has 2 aromatic rings. The van der Waals surface area contributed by atoms with Crippen LogP contribution < -0.4 is 15.0 Å². The molecule has 24 heavy (non-hydrogen) atoms.